The largest absolute Gasteiger partial charge is 0.493 e. The molecule has 0 heterocycles. The second-order valence-corrected chi connectivity index (χ2v) is 7.28. The number of nitrogens with one attached hydrogen (secondary N) is 1. The molecule has 0 saturated heterocycles. The highest BCUT2D eigenvalue weighted by Gasteiger charge is 2.25. The zero-order valence-electron chi connectivity index (χ0n) is 17.9. The first-order chi connectivity index (χ1) is 15.9. The minimum Gasteiger partial charge on any atom is -0.493 e. The van der Waals surface area contributed by atoms with Gasteiger partial charge < -0.3 is 14.8 Å². The Kier molecular flexibility index (Phi) is 7.49. The number of benzene rings is 3. The van der Waals surface area contributed by atoms with Gasteiger partial charge in [-0.2, -0.15) is 5.26 Å². The SMILES string of the molecule is CCOc1cc(C(=O)Nc2ccc(C(C#N)c3ccccc3)c(Cl)c2)c([N+](=O)[O-])cc1OC. The number of hydrogen-bond donors (Lipinski definition) is 1. The van der Waals surface area contributed by atoms with Crippen LogP contribution in [0.4, 0.5) is 11.4 Å². The standard InChI is InChI=1S/C24H20ClN3O5/c1-3-33-23-12-18(21(28(30)31)13-22(23)32-2)24(29)27-16-9-10-17(20(25)11-16)19(14-26)15-7-5-4-6-8-15/h4-13,19H,3H2,1-2H3,(H,27,29). The lowest BCUT2D eigenvalue weighted by Crippen LogP contribution is -2.15. The van der Waals surface area contributed by atoms with E-state index in [1.165, 1.54) is 19.2 Å². The Hall–Kier alpha value is -4.09. The van der Waals surface area contributed by atoms with Gasteiger partial charge >= 0.3 is 0 Å². The van der Waals surface area contributed by atoms with E-state index < -0.39 is 22.4 Å². The number of halogens is 1. The molecule has 168 valence electrons. The highest BCUT2D eigenvalue weighted by molar-refractivity contribution is 6.32. The fourth-order valence-corrected chi connectivity index (χ4v) is 3.61. The van der Waals surface area contributed by atoms with E-state index in [2.05, 4.69) is 11.4 Å². The zero-order chi connectivity index (χ0) is 24.0. The number of amides is 1. The van der Waals surface area contributed by atoms with Gasteiger partial charge in [-0.25, -0.2) is 0 Å². The summed E-state index contributed by atoms with van der Waals surface area (Å²) in [5, 5.41) is 24.1. The van der Waals surface area contributed by atoms with E-state index >= 15 is 0 Å². The van der Waals surface area contributed by atoms with Gasteiger partial charge in [0.25, 0.3) is 11.6 Å². The van der Waals surface area contributed by atoms with E-state index in [1.54, 1.807) is 19.1 Å². The summed E-state index contributed by atoms with van der Waals surface area (Å²) in [6.07, 6.45) is 0. The average Bonchev–Trinajstić information content (AvgIpc) is 2.81. The van der Waals surface area contributed by atoms with Gasteiger partial charge in [0.05, 0.1) is 36.7 Å². The number of nitrogens with zero attached hydrogens (tertiary/aromatic N) is 2. The van der Waals surface area contributed by atoms with Crippen molar-refractivity contribution in [1.29, 1.82) is 5.26 Å². The van der Waals surface area contributed by atoms with Gasteiger partial charge in [-0.05, 0) is 30.2 Å². The molecular formula is C24H20ClN3O5. The number of nitro benzene ring substituents is 1. The van der Waals surface area contributed by atoms with Crippen LogP contribution in [0.3, 0.4) is 0 Å². The molecular weight excluding hydrogens is 446 g/mol. The van der Waals surface area contributed by atoms with Crippen molar-refractivity contribution >= 4 is 28.9 Å². The van der Waals surface area contributed by atoms with Crippen LogP contribution in [-0.2, 0) is 0 Å². The van der Waals surface area contributed by atoms with Crippen LogP contribution in [0.1, 0.15) is 34.3 Å². The molecule has 0 aliphatic carbocycles. The Balaban J connectivity index is 1.92. The molecule has 1 amide bonds. The van der Waals surface area contributed by atoms with Crippen molar-refractivity contribution in [2.24, 2.45) is 0 Å². The van der Waals surface area contributed by atoms with Crippen molar-refractivity contribution in [2.45, 2.75) is 12.8 Å². The minimum absolute atomic E-state index is 0.149. The summed E-state index contributed by atoms with van der Waals surface area (Å²) in [5.74, 6) is -0.936. The molecule has 33 heavy (non-hydrogen) atoms. The van der Waals surface area contributed by atoms with Gasteiger partial charge in [-0.3, -0.25) is 14.9 Å². The molecule has 9 heteroatoms. The Morgan fingerprint density at radius 3 is 2.48 bits per heavy atom. The van der Waals surface area contributed by atoms with Crippen molar-refractivity contribution in [3.63, 3.8) is 0 Å². The van der Waals surface area contributed by atoms with E-state index in [0.29, 0.717) is 11.3 Å². The molecule has 0 aliphatic heterocycles. The van der Waals surface area contributed by atoms with Gasteiger partial charge in [-0.1, -0.05) is 48.0 Å². The third-order valence-electron chi connectivity index (χ3n) is 4.85. The van der Waals surface area contributed by atoms with Gasteiger partial charge in [0.1, 0.15) is 5.56 Å². The lowest BCUT2D eigenvalue weighted by molar-refractivity contribution is -0.385. The summed E-state index contributed by atoms with van der Waals surface area (Å²) in [5.41, 5.74) is 1.07. The normalized spacial score (nSPS) is 11.2. The number of anilines is 1. The molecule has 8 nitrogen and oxygen atoms in total. The van der Waals surface area contributed by atoms with Crippen molar-refractivity contribution in [2.75, 3.05) is 19.0 Å². The molecule has 0 radical (unpaired) electrons. The summed E-state index contributed by atoms with van der Waals surface area (Å²) in [6.45, 7) is 2.03. The average molecular weight is 466 g/mol. The van der Waals surface area contributed by atoms with E-state index in [-0.39, 0.29) is 28.7 Å². The molecule has 0 saturated carbocycles. The summed E-state index contributed by atoms with van der Waals surface area (Å²) in [6, 6.07) is 18.6. The van der Waals surface area contributed by atoms with Crippen molar-refractivity contribution in [1.82, 2.24) is 0 Å². The van der Waals surface area contributed by atoms with Crippen LogP contribution in [0.25, 0.3) is 0 Å². The smallest absolute Gasteiger partial charge is 0.286 e. The predicted octanol–water partition coefficient (Wildman–Crippen LogP) is 5.56. The number of carbonyl (C=O) groups excluding carboxylic acids is 1. The van der Waals surface area contributed by atoms with Crippen molar-refractivity contribution in [3.8, 4) is 17.6 Å². The number of rotatable bonds is 8. The Morgan fingerprint density at radius 2 is 1.91 bits per heavy atom. The summed E-state index contributed by atoms with van der Waals surface area (Å²) < 4.78 is 10.6. The van der Waals surface area contributed by atoms with E-state index in [4.69, 9.17) is 21.1 Å². The maximum Gasteiger partial charge on any atom is 0.286 e. The molecule has 0 fully saturated rings. The lowest BCUT2D eigenvalue weighted by Gasteiger charge is -2.14. The molecule has 3 rings (SSSR count). The van der Waals surface area contributed by atoms with Crippen LogP contribution in [-0.4, -0.2) is 24.5 Å². The van der Waals surface area contributed by atoms with Crippen LogP contribution in [0.2, 0.25) is 5.02 Å². The summed E-state index contributed by atoms with van der Waals surface area (Å²) in [4.78, 5) is 23.8. The fraction of sp³-hybridized carbons (Fsp3) is 0.167. The third-order valence-corrected chi connectivity index (χ3v) is 5.18. The molecule has 1 atom stereocenters. The number of nitro groups is 1. The van der Waals surface area contributed by atoms with Gasteiger partial charge in [0.2, 0.25) is 0 Å². The maximum absolute atomic E-state index is 12.9. The fourth-order valence-electron chi connectivity index (χ4n) is 3.32. The van der Waals surface area contributed by atoms with Gasteiger partial charge in [-0.15, -0.1) is 0 Å². The van der Waals surface area contributed by atoms with Gasteiger partial charge in [0.15, 0.2) is 11.5 Å². The van der Waals surface area contributed by atoms with Crippen LogP contribution >= 0.6 is 11.6 Å². The first-order valence-electron chi connectivity index (χ1n) is 9.94. The Bertz CT molecular complexity index is 1220. The van der Waals surface area contributed by atoms with Crippen LogP contribution < -0.4 is 14.8 Å². The summed E-state index contributed by atoms with van der Waals surface area (Å²) in [7, 11) is 1.36. The van der Waals surface area contributed by atoms with Crippen molar-refractivity contribution in [3.05, 3.63) is 92.5 Å². The molecule has 0 bridgehead atoms. The number of nitriles is 1. The molecule has 1 N–H and O–H groups in total. The number of carbonyl (C=O) groups is 1. The Morgan fingerprint density at radius 1 is 1.18 bits per heavy atom. The van der Waals surface area contributed by atoms with Crippen LogP contribution in [0.15, 0.2) is 60.7 Å². The molecule has 3 aromatic rings. The predicted molar refractivity (Wildman–Crippen MR) is 124 cm³/mol. The number of methoxy groups -OCH3 is 1. The molecule has 1 unspecified atom stereocenters. The molecule has 0 aliphatic rings. The third kappa shape index (κ3) is 5.22. The topological polar surface area (TPSA) is 114 Å². The zero-order valence-corrected chi connectivity index (χ0v) is 18.6. The first-order valence-corrected chi connectivity index (χ1v) is 10.3. The second kappa shape index (κ2) is 10.5. The Labute approximate surface area is 195 Å². The second-order valence-electron chi connectivity index (χ2n) is 6.87. The van der Waals surface area contributed by atoms with Crippen LogP contribution in [0, 0.1) is 21.4 Å². The highest BCUT2D eigenvalue weighted by Crippen LogP contribution is 2.36. The highest BCUT2D eigenvalue weighted by atomic mass is 35.5. The number of ether oxygens (including phenoxy) is 2. The minimum atomic E-state index is -0.714. The monoisotopic (exact) mass is 465 g/mol. The lowest BCUT2D eigenvalue weighted by atomic mass is 9.92. The van der Waals surface area contributed by atoms with E-state index in [1.807, 2.05) is 30.3 Å². The van der Waals surface area contributed by atoms with Crippen molar-refractivity contribution < 1.29 is 19.2 Å². The number of hydrogen-bond acceptors (Lipinski definition) is 6. The maximum atomic E-state index is 12.9. The quantitative estimate of drug-likeness (QED) is 0.344. The summed E-state index contributed by atoms with van der Waals surface area (Å²) >= 11 is 6.42. The van der Waals surface area contributed by atoms with E-state index in [0.717, 1.165) is 11.6 Å². The molecule has 0 spiro atoms. The molecule has 3 aromatic carbocycles. The van der Waals surface area contributed by atoms with Crippen LogP contribution in [0.5, 0.6) is 11.5 Å². The first kappa shape index (κ1) is 23.6. The molecule has 0 aromatic heterocycles. The van der Waals surface area contributed by atoms with Gasteiger partial charge in [0, 0.05) is 16.8 Å². The van der Waals surface area contributed by atoms with E-state index in [9.17, 15) is 20.2 Å².